The fraction of sp³-hybridized carbons (Fsp3) is 0.0714. The highest BCUT2D eigenvalue weighted by Crippen LogP contribution is 2.24. The minimum atomic E-state index is -1.26. The van der Waals surface area contributed by atoms with Gasteiger partial charge >= 0.3 is 5.97 Å². The van der Waals surface area contributed by atoms with E-state index in [4.69, 9.17) is 21.4 Å². The standard InChI is InChI=1S/C14H9ClF2O3/c15-11-2-1-3-12(17)10(11)7-20-13-6-8(16)4-5-9(13)14(18)19/h1-6H,7H2,(H,18,19). The van der Waals surface area contributed by atoms with Crippen LogP contribution in [0.4, 0.5) is 8.78 Å². The van der Waals surface area contributed by atoms with E-state index in [1.165, 1.54) is 18.2 Å². The van der Waals surface area contributed by atoms with Crippen molar-refractivity contribution in [2.24, 2.45) is 0 Å². The highest BCUT2D eigenvalue weighted by molar-refractivity contribution is 6.31. The van der Waals surface area contributed by atoms with Crippen LogP contribution in [0.25, 0.3) is 0 Å². The van der Waals surface area contributed by atoms with E-state index < -0.39 is 17.6 Å². The molecule has 0 aliphatic carbocycles. The van der Waals surface area contributed by atoms with E-state index in [1.807, 2.05) is 0 Å². The predicted molar refractivity (Wildman–Crippen MR) is 69.1 cm³/mol. The number of carboxylic acids is 1. The molecule has 2 rings (SSSR count). The van der Waals surface area contributed by atoms with Crippen molar-refractivity contribution in [2.75, 3.05) is 0 Å². The fourth-order valence-electron chi connectivity index (χ4n) is 1.61. The third-order valence-corrected chi connectivity index (χ3v) is 2.96. The Morgan fingerprint density at radius 2 is 2.00 bits per heavy atom. The third-order valence-electron chi connectivity index (χ3n) is 2.61. The number of hydrogen-bond donors (Lipinski definition) is 1. The van der Waals surface area contributed by atoms with Gasteiger partial charge in [-0.15, -0.1) is 0 Å². The minimum absolute atomic E-state index is 0.0785. The maximum Gasteiger partial charge on any atom is 0.339 e. The Kier molecular flexibility index (Phi) is 4.20. The van der Waals surface area contributed by atoms with E-state index in [0.717, 1.165) is 18.2 Å². The summed E-state index contributed by atoms with van der Waals surface area (Å²) in [5, 5.41) is 9.11. The molecule has 2 aromatic rings. The van der Waals surface area contributed by atoms with Crippen LogP contribution in [0.5, 0.6) is 5.75 Å². The van der Waals surface area contributed by atoms with Crippen molar-refractivity contribution in [3.8, 4) is 5.75 Å². The second kappa shape index (κ2) is 5.88. The van der Waals surface area contributed by atoms with Gasteiger partial charge in [0, 0.05) is 11.6 Å². The highest BCUT2D eigenvalue weighted by atomic mass is 35.5. The van der Waals surface area contributed by atoms with Gasteiger partial charge in [0.25, 0.3) is 0 Å². The Balaban J connectivity index is 2.27. The van der Waals surface area contributed by atoms with Crippen LogP contribution in [-0.4, -0.2) is 11.1 Å². The first-order valence-electron chi connectivity index (χ1n) is 5.57. The molecule has 104 valence electrons. The summed E-state index contributed by atoms with van der Waals surface area (Å²) >= 11 is 5.82. The largest absolute Gasteiger partial charge is 0.488 e. The van der Waals surface area contributed by atoms with E-state index in [0.29, 0.717) is 0 Å². The molecule has 0 aromatic heterocycles. The fourth-order valence-corrected chi connectivity index (χ4v) is 1.83. The maximum atomic E-state index is 13.5. The molecular formula is C14H9ClF2O3. The topological polar surface area (TPSA) is 46.5 Å². The average molecular weight is 299 g/mol. The molecule has 3 nitrogen and oxygen atoms in total. The van der Waals surface area contributed by atoms with E-state index in [1.54, 1.807) is 0 Å². The van der Waals surface area contributed by atoms with E-state index in [2.05, 4.69) is 0 Å². The number of carbonyl (C=O) groups is 1. The van der Waals surface area contributed by atoms with Crippen LogP contribution in [-0.2, 0) is 6.61 Å². The summed E-state index contributed by atoms with van der Waals surface area (Å²) in [5.74, 6) is -2.67. The lowest BCUT2D eigenvalue weighted by molar-refractivity contribution is 0.0691. The lowest BCUT2D eigenvalue weighted by Crippen LogP contribution is -2.05. The van der Waals surface area contributed by atoms with Crippen LogP contribution < -0.4 is 4.74 Å². The normalized spacial score (nSPS) is 10.3. The SMILES string of the molecule is O=C(O)c1ccc(F)cc1OCc1c(F)cccc1Cl. The molecule has 1 N–H and O–H groups in total. The van der Waals surface area contributed by atoms with E-state index >= 15 is 0 Å². The number of hydrogen-bond acceptors (Lipinski definition) is 2. The molecule has 20 heavy (non-hydrogen) atoms. The van der Waals surface area contributed by atoms with Gasteiger partial charge in [0.15, 0.2) is 0 Å². The molecular weight excluding hydrogens is 290 g/mol. The zero-order valence-electron chi connectivity index (χ0n) is 10.1. The molecule has 0 bridgehead atoms. The van der Waals surface area contributed by atoms with Crippen LogP contribution in [0.15, 0.2) is 36.4 Å². The van der Waals surface area contributed by atoms with Crippen molar-refractivity contribution in [3.63, 3.8) is 0 Å². The number of aromatic carboxylic acids is 1. The van der Waals surface area contributed by atoms with Crippen molar-refractivity contribution in [2.45, 2.75) is 6.61 Å². The third kappa shape index (κ3) is 3.05. The molecule has 0 atom stereocenters. The Bertz CT molecular complexity index is 639. The van der Waals surface area contributed by atoms with Gasteiger partial charge in [-0.05, 0) is 24.3 Å². The van der Waals surface area contributed by atoms with E-state index in [-0.39, 0.29) is 28.5 Å². The molecule has 0 amide bonds. The molecule has 0 aliphatic heterocycles. The van der Waals surface area contributed by atoms with Gasteiger partial charge in [0.1, 0.15) is 29.6 Å². The van der Waals surface area contributed by atoms with Crippen LogP contribution >= 0.6 is 11.6 Å². The van der Waals surface area contributed by atoms with E-state index in [9.17, 15) is 13.6 Å². The Morgan fingerprint density at radius 3 is 2.65 bits per heavy atom. The highest BCUT2D eigenvalue weighted by Gasteiger charge is 2.14. The van der Waals surface area contributed by atoms with Crippen LogP contribution in [0.1, 0.15) is 15.9 Å². The van der Waals surface area contributed by atoms with Crippen LogP contribution in [0.3, 0.4) is 0 Å². The van der Waals surface area contributed by atoms with Crippen molar-refractivity contribution in [1.82, 2.24) is 0 Å². The summed E-state index contributed by atoms with van der Waals surface area (Å²) in [4.78, 5) is 11.0. The lowest BCUT2D eigenvalue weighted by Gasteiger charge is -2.11. The number of benzene rings is 2. The summed E-state index contributed by atoms with van der Waals surface area (Å²) in [7, 11) is 0. The Morgan fingerprint density at radius 1 is 1.25 bits per heavy atom. The van der Waals surface area contributed by atoms with Gasteiger partial charge in [-0.2, -0.15) is 0 Å². The summed E-state index contributed by atoms with van der Waals surface area (Å²) in [5.41, 5.74) is -0.131. The second-order valence-electron chi connectivity index (χ2n) is 3.93. The number of halogens is 3. The summed E-state index contributed by atoms with van der Waals surface area (Å²) < 4.78 is 31.8. The van der Waals surface area contributed by atoms with Gasteiger partial charge in [-0.1, -0.05) is 17.7 Å². The van der Waals surface area contributed by atoms with Crippen molar-refractivity contribution in [3.05, 3.63) is 64.2 Å². The predicted octanol–water partition coefficient (Wildman–Crippen LogP) is 3.90. The van der Waals surface area contributed by atoms with Crippen molar-refractivity contribution >= 4 is 17.6 Å². The van der Waals surface area contributed by atoms with Crippen molar-refractivity contribution < 1.29 is 23.4 Å². The molecule has 2 aromatic carbocycles. The number of rotatable bonds is 4. The molecule has 0 spiro atoms. The van der Waals surface area contributed by atoms with Gasteiger partial charge in [-0.25, -0.2) is 13.6 Å². The molecule has 0 unspecified atom stereocenters. The number of carboxylic acid groups (broad SMARTS) is 1. The second-order valence-corrected chi connectivity index (χ2v) is 4.34. The summed E-state index contributed by atoms with van der Waals surface area (Å²) in [6.07, 6.45) is 0. The molecule has 0 heterocycles. The van der Waals surface area contributed by atoms with Crippen molar-refractivity contribution in [1.29, 1.82) is 0 Å². The zero-order chi connectivity index (χ0) is 14.7. The van der Waals surface area contributed by atoms with Gasteiger partial charge < -0.3 is 9.84 Å². The molecule has 0 aliphatic rings. The smallest absolute Gasteiger partial charge is 0.339 e. The molecule has 6 heteroatoms. The molecule has 0 saturated heterocycles. The van der Waals surface area contributed by atoms with Crippen LogP contribution in [0.2, 0.25) is 5.02 Å². The quantitative estimate of drug-likeness (QED) is 0.931. The zero-order valence-corrected chi connectivity index (χ0v) is 10.8. The lowest BCUT2D eigenvalue weighted by atomic mass is 10.2. The van der Waals surface area contributed by atoms with Gasteiger partial charge in [0.05, 0.1) is 5.02 Å². The molecule has 0 fully saturated rings. The summed E-state index contributed by atoms with van der Waals surface area (Å²) in [6.45, 7) is -0.296. The maximum absolute atomic E-state index is 13.5. The average Bonchev–Trinajstić information content (AvgIpc) is 2.37. The number of ether oxygens (including phenoxy) is 1. The molecule has 0 radical (unpaired) electrons. The van der Waals surface area contributed by atoms with Gasteiger partial charge in [-0.3, -0.25) is 0 Å². The first kappa shape index (κ1) is 14.3. The Hall–Kier alpha value is -2.14. The van der Waals surface area contributed by atoms with Crippen LogP contribution in [0, 0.1) is 11.6 Å². The minimum Gasteiger partial charge on any atom is -0.488 e. The Labute approximate surface area is 118 Å². The summed E-state index contributed by atoms with van der Waals surface area (Å²) in [6, 6.07) is 7.13. The monoisotopic (exact) mass is 298 g/mol. The first-order chi connectivity index (χ1) is 9.49. The van der Waals surface area contributed by atoms with Gasteiger partial charge in [0.2, 0.25) is 0 Å². The molecule has 0 saturated carbocycles. The first-order valence-corrected chi connectivity index (χ1v) is 5.95.